The Balaban J connectivity index is 3.15. The van der Waals surface area contributed by atoms with Crippen molar-refractivity contribution in [1.29, 1.82) is 0 Å². The van der Waals surface area contributed by atoms with Gasteiger partial charge in [-0.05, 0) is 24.6 Å². The van der Waals surface area contributed by atoms with Gasteiger partial charge in [0.2, 0.25) is 10.0 Å². The molecule has 1 aromatic carbocycles. The molecule has 0 unspecified atom stereocenters. The quantitative estimate of drug-likeness (QED) is 0.528. The Morgan fingerprint density at radius 2 is 2.05 bits per heavy atom. The largest absolute Gasteiger partial charge is 0.478 e. The number of nitrogens with one attached hydrogen (secondary N) is 2. The van der Waals surface area contributed by atoms with Gasteiger partial charge in [0.05, 0.1) is 11.3 Å². The molecule has 7 nitrogen and oxygen atoms in total. The van der Waals surface area contributed by atoms with Gasteiger partial charge in [-0.15, -0.1) is 0 Å². The van der Waals surface area contributed by atoms with Crippen LogP contribution in [0.5, 0.6) is 0 Å². The van der Waals surface area contributed by atoms with Crippen molar-refractivity contribution in [1.82, 2.24) is 4.72 Å². The number of hydrogen-bond donors (Lipinski definition) is 4. The third-order valence-corrected chi connectivity index (χ3v) is 3.92. The molecule has 106 valence electrons. The van der Waals surface area contributed by atoms with Crippen molar-refractivity contribution < 1.29 is 23.4 Å². The molecule has 0 fully saturated rings. The molecule has 19 heavy (non-hydrogen) atoms. The van der Waals surface area contributed by atoms with Crippen molar-refractivity contribution >= 4 is 21.7 Å². The first kappa shape index (κ1) is 15.4. The molecule has 1 aromatic rings. The first-order valence-corrected chi connectivity index (χ1v) is 7.06. The summed E-state index contributed by atoms with van der Waals surface area (Å²) in [5.41, 5.74) is 0.197. The minimum Gasteiger partial charge on any atom is -0.478 e. The Hall–Kier alpha value is -1.64. The van der Waals surface area contributed by atoms with Crippen molar-refractivity contribution in [3.63, 3.8) is 0 Å². The van der Waals surface area contributed by atoms with Gasteiger partial charge in [0.25, 0.3) is 0 Å². The molecule has 0 spiro atoms. The van der Waals surface area contributed by atoms with Crippen LogP contribution < -0.4 is 10.0 Å². The van der Waals surface area contributed by atoms with Gasteiger partial charge < -0.3 is 15.5 Å². The summed E-state index contributed by atoms with van der Waals surface area (Å²) in [7, 11) is -2.27. The number of aliphatic hydroxyl groups excluding tert-OH is 1. The molecular formula is C11H16N2O5S. The summed E-state index contributed by atoms with van der Waals surface area (Å²) in [5.74, 6) is -1.20. The number of hydrogen-bond acceptors (Lipinski definition) is 5. The number of carboxylic acid groups (broad SMARTS) is 1. The minimum atomic E-state index is -3.82. The minimum absolute atomic E-state index is 0.0826. The van der Waals surface area contributed by atoms with Crippen molar-refractivity contribution in [3.05, 3.63) is 23.8 Å². The van der Waals surface area contributed by atoms with Crippen molar-refractivity contribution in [2.75, 3.05) is 25.5 Å². The predicted octanol–water partition coefficient (Wildman–Crippen LogP) is 0.0872. The summed E-state index contributed by atoms with van der Waals surface area (Å²) in [6.07, 6.45) is 0.284. The van der Waals surface area contributed by atoms with Crippen LogP contribution in [0.3, 0.4) is 0 Å². The normalized spacial score (nSPS) is 11.3. The Morgan fingerprint density at radius 1 is 1.37 bits per heavy atom. The van der Waals surface area contributed by atoms with E-state index in [1.165, 1.54) is 12.1 Å². The second-order valence-electron chi connectivity index (χ2n) is 3.74. The second-order valence-corrected chi connectivity index (χ2v) is 5.48. The number of carboxylic acids is 1. The monoisotopic (exact) mass is 288 g/mol. The Labute approximate surface area is 111 Å². The van der Waals surface area contributed by atoms with Crippen LogP contribution in [-0.2, 0) is 10.0 Å². The molecule has 0 amide bonds. The van der Waals surface area contributed by atoms with Gasteiger partial charge in [0, 0.05) is 20.2 Å². The summed E-state index contributed by atoms with van der Waals surface area (Å²) in [6.45, 7) is -0.0458. The first-order valence-electron chi connectivity index (χ1n) is 5.58. The topological polar surface area (TPSA) is 116 Å². The zero-order valence-electron chi connectivity index (χ0n) is 10.4. The third-order valence-electron chi connectivity index (χ3n) is 2.41. The third kappa shape index (κ3) is 3.91. The van der Waals surface area contributed by atoms with Gasteiger partial charge in [-0.25, -0.2) is 17.9 Å². The molecule has 0 aromatic heterocycles. The molecule has 0 heterocycles. The predicted molar refractivity (Wildman–Crippen MR) is 69.8 cm³/mol. The molecule has 8 heteroatoms. The fraction of sp³-hybridized carbons (Fsp3) is 0.364. The van der Waals surface area contributed by atoms with Gasteiger partial charge in [0.1, 0.15) is 4.90 Å². The number of benzene rings is 1. The zero-order chi connectivity index (χ0) is 14.5. The lowest BCUT2D eigenvalue weighted by Gasteiger charge is -2.11. The van der Waals surface area contributed by atoms with E-state index >= 15 is 0 Å². The molecule has 0 aliphatic carbocycles. The Morgan fingerprint density at radius 3 is 2.58 bits per heavy atom. The highest BCUT2D eigenvalue weighted by atomic mass is 32.2. The zero-order valence-corrected chi connectivity index (χ0v) is 11.2. The summed E-state index contributed by atoms with van der Waals surface area (Å²) in [6, 6.07) is 3.81. The average Bonchev–Trinajstić information content (AvgIpc) is 2.38. The summed E-state index contributed by atoms with van der Waals surface area (Å²) in [5, 5.41) is 20.2. The smallest absolute Gasteiger partial charge is 0.335 e. The molecule has 0 radical (unpaired) electrons. The van der Waals surface area contributed by atoms with Crippen molar-refractivity contribution in [2.24, 2.45) is 0 Å². The fourth-order valence-corrected chi connectivity index (χ4v) is 2.76. The highest BCUT2D eigenvalue weighted by Crippen LogP contribution is 2.22. The van der Waals surface area contributed by atoms with Crippen molar-refractivity contribution in [3.8, 4) is 0 Å². The van der Waals surface area contributed by atoms with Crippen LogP contribution in [0.15, 0.2) is 23.1 Å². The number of sulfonamides is 1. The van der Waals surface area contributed by atoms with E-state index in [1.54, 1.807) is 7.05 Å². The van der Waals surface area contributed by atoms with Gasteiger partial charge >= 0.3 is 5.97 Å². The van der Waals surface area contributed by atoms with E-state index in [1.807, 2.05) is 0 Å². The van der Waals surface area contributed by atoms with E-state index < -0.39 is 16.0 Å². The highest BCUT2D eigenvalue weighted by Gasteiger charge is 2.19. The molecule has 4 N–H and O–H groups in total. The van der Waals surface area contributed by atoms with Crippen LogP contribution in [0.2, 0.25) is 0 Å². The second kappa shape index (κ2) is 6.50. The fourth-order valence-electron chi connectivity index (χ4n) is 1.45. The Bertz CT molecular complexity index is 556. The SMILES string of the molecule is CNc1ccc(C(=O)O)cc1S(=O)(=O)NCCCO. The maximum atomic E-state index is 12.0. The number of rotatable bonds is 7. The maximum Gasteiger partial charge on any atom is 0.335 e. The first-order chi connectivity index (χ1) is 8.92. The summed E-state index contributed by atoms with van der Waals surface area (Å²) in [4.78, 5) is 10.7. The van der Waals surface area contributed by atoms with Crippen LogP contribution in [0.25, 0.3) is 0 Å². The summed E-state index contributed by atoms with van der Waals surface area (Å²) >= 11 is 0. The lowest BCUT2D eigenvalue weighted by atomic mass is 10.2. The van der Waals surface area contributed by atoms with Crippen LogP contribution in [0.4, 0.5) is 5.69 Å². The lowest BCUT2D eigenvalue weighted by Crippen LogP contribution is -2.26. The molecule has 0 saturated heterocycles. The van der Waals surface area contributed by atoms with E-state index in [2.05, 4.69) is 10.0 Å². The van der Waals surface area contributed by atoms with E-state index in [4.69, 9.17) is 10.2 Å². The molecule has 0 aliphatic heterocycles. The molecule has 0 bridgehead atoms. The van der Waals surface area contributed by atoms with Crippen LogP contribution in [0.1, 0.15) is 16.8 Å². The lowest BCUT2D eigenvalue weighted by molar-refractivity contribution is 0.0696. The Kier molecular flexibility index (Phi) is 5.28. The maximum absolute atomic E-state index is 12.0. The number of anilines is 1. The standard InChI is InChI=1S/C11H16N2O5S/c1-12-9-4-3-8(11(15)16)7-10(9)19(17,18)13-5-2-6-14/h3-4,7,12-14H,2,5-6H2,1H3,(H,15,16). The van der Waals surface area contributed by atoms with Crippen LogP contribution in [0, 0.1) is 0 Å². The van der Waals surface area contributed by atoms with E-state index in [0.717, 1.165) is 6.07 Å². The van der Waals surface area contributed by atoms with Gasteiger partial charge in [0.15, 0.2) is 0 Å². The molecule has 0 atom stereocenters. The molecule has 0 aliphatic rings. The number of carbonyl (C=O) groups is 1. The average molecular weight is 288 g/mol. The van der Waals surface area contributed by atoms with Gasteiger partial charge in [-0.3, -0.25) is 0 Å². The number of aliphatic hydroxyl groups is 1. The molecule has 0 saturated carbocycles. The van der Waals surface area contributed by atoms with Gasteiger partial charge in [-0.2, -0.15) is 0 Å². The molecule has 1 rings (SSSR count). The van der Waals surface area contributed by atoms with Gasteiger partial charge in [-0.1, -0.05) is 0 Å². The summed E-state index contributed by atoms with van der Waals surface area (Å²) < 4.78 is 26.4. The number of aromatic carboxylic acids is 1. The van der Waals surface area contributed by atoms with Crippen molar-refractivity contribution in [2.45, 2.75) is 11.3 Å². The highest BCUT2D eigenvalue weighted by molar-refractivity contribution is 7.89. The van der Waals surface area contributed by atoms with Crippen LogP contribution >= 0.6 is 0 Å². The van der Waals surface area contributed by atoms with E-state index in [9.17, 15) is 13.2 Å². The molecular weight excluding hydrogens is 272 g/mol. The van der Waals surface area contributed by atoms with E-state index in [-0.39, 0.29) is 30.0 Å². The van der Waals surface area contributed by atoms with Crippen LogP contribution in [-0.4, -0.2) is 44.8 Å². The van der Waals surface area contributed by atoms with E-state index in [0.29, 0.717) is 5.69 Å².